The molecule has 0 aliphatic rings. The van der Waals surface area contributed by atoms with Crippen molar-refractivity contribution in [1.82, 2.24) is 19.9 Å². The molecule has 118 valence electrons. The van der Waals surface area contributed by atoms with Crippen molar-refractivity contribution in [2.75, 3.05) is 6.64 Å². The summed E-state index contributed by atoms with van der Waals surface area (Å²) in [5.74, 6) is -0.981. The maximum Gasteiger partial charge on any atom is 0.249 e. The van der Waals surface area contributed by atoms with Gasteiger partial charge in [0.05, 0.1) is 45.7 Å². The molecule has 2 aromatic heterocycles. The van der Waals surface area contributed by atoms with E-state index in [1.807, 2.05) is 66.5 Å². The summed E-state index contributed by atoms with van der Waals surface area (Å²) >= 11 is 3.93. The highest BCUT2D eigenvalue weighted by molar-refractivity contribution is 14.2. The van der Waals surface area contributed by atoms with Gasteiger partial charge in [-0.15, -0.1) is 0 Å². The normalized spacial score (nSPS) is 11.4. The smallest absolute Gasteiger partial charge is 0.249 e. The van der Waals surface area contributed by atoms with Crippen LogP contribution in [0, 0.1) is 11.8 Å². The molecule has 0 saturated carbocycles. The van der Waals surface area contributed by atoms with Gasteiger partial charge in [0.25, 0.3) is 0 Å². The van der Waals surface area contributed by atoms with Gasteiger partial charge in [0.1, 0.15) is 5.69 Å². The van der Waals surface area contributed by atoms with Crippen LogP contribution in [0.2, 0.25) is 0 Å². The zero-order valence-corrected chi connectivity index (χ0v) is 16.2. The molecule has 6 nitrogen and oxygen atoms in total. The number of nitrogens with zero attached hydrogens (tertiary/aromatic N) is 5. The first-order valence-electron chi connectivity index (χ1n) is 6.14. The van der Waals surface area contributed by atoms with E-state index in [4.69, 9.17) is 0 Å². The van der Waals surface area contributed by atoms with Crippen LogP contribution in [0.5, 0.6) is 0 Å². The van der Waals surface area contributed by atoms with Crippen LogP contribution in [0.25, 0.3) is 11.5 Å². The molecule has 0 fully saturated rings. The Kier molecular flexibility index (Phi) is 5.29. The van der Waals surface area contributed by atoms with Crippen LogP contribution in [-0.4, -0.2) is 25.5 Å². The zero-order valence-electron chi connectivity index (χ0n) is 11.9. The van der Waals surface area contributed by atoms with Gasteiger partial charge in [0.2, 0.25) is 17.8 Å². The molecule has 0 spiro atoms. The summed E-state index contributed by atoms with van der Waals surface area (Å²) in [5.41, 5.74) is -0.555. The Morgan fingerprint density at radius 1 is 1.05 bits per heavy atom. The first-order valence-corrected chi connectivity index (χ1v) is 8.07. The third-order valence-electron chi connectivity index (χ3n) is 2.29. The predicted octanol–water partition coefficient (Wildman–Crippen LogP) is 3.93. The summed E-state index contributed by atoms with van der Waals surface area (Å²) in [6, 6.07) is 1.93. The van der Waals surface area contributed by atoms with E-state index in [1.54, 1.807) is 1.33 Å². The molecule has 0 amide bonds. The predicted molar refractivity (Wildman–Crippen MR) is 96.9 cm³/mol. The van der Waals surface area contributed by atoms with Crippen molar-refractivity contribution in [1.29, 1.82) is 0 Å². The molecule has 10 heteroatoms. The number of halogens is 4. The van der Waals surface area contributed by atoms with E-state index in [9.17, 15) is 8.78 Å². The lowest BCUT2D eigenvalue weighted by Crippen LogP contribution is -2.28. The number of hydrogen-bond acceptors (Lipinski definition) is 6. The Balaban J connectivity index is 2.57. The molecule has 2 heterocycles. The maximum atomic E-state index is 13.9. The van der Waals surface area contributed by atoms with Gasteiger partial charge in [-0.1, -0.05) is 0 Å². The summed E-state index contributed by atoms with van der Waals surface area (Å²) in [7, 11) is 0. The van der Waals surface area contributed by atoms with Crippen LogP contribution < -0.4 is 6.64 Å². The van der Waals surface area contributed by atoms with Gasteiger partial charge in [0, 0.05) is 5.54 Å². The van der Waals surface area contributed by atoms with Gasteiger partial charge in [0.15, 0.2) is 11.6 Å². The minimum absolute atomic E-state index is 0.0351. The van der Waals surface area contributed by atoms with Crippen molar-refractivity contribution in [3.8, 4) is 11.5 Å². The molecule has 0 bridgehead atoms. The number of aromatic nitrogens is 4. The third-order valence-corrected chi connectivity index (χ3v) is 3.15. The Bertz CT molecular complexity index is 690. The Morgan fingerprint density at radius 3 is 2.32 bits per heavy atom. The number of rotatable bonds is 3. The lowest BCUT2D eigenvalue weighted by atomic mass is 10.1. The highest BCUT2D eigenvalue weighted by atomic mass is 127. The fourth-order valence-electron chi connectivity index (χ4n) is 1.51. The molecule has 1 N–H and O–H groups in total. The number of pyridine rings is 1. The fraction of sp³-hybridized carbons (Fsp3) is 0.333. The maximum absolute atomic E-state index is 13.9. The molecular formula is C12H12F2I2N6. The van der Waals surface area contributed by atoms with Crippen LogP contribution in [0.15, 0.2) is 12.1 Å². The van der Waals surface area contributed by atoms with Gasteiger partial charge < -0.3 is 5.32 Å². The molecular weight excluding hydrogens is 520 g/mol. The van der Waals surface area contributed by atoms with E-state index in [2.05, 4.69) is 25.3 Å². The SMILES string of the molecule is CC(C)(C)Nc1nc(-c2nc(F)ccc2F)nc(N(I)I)n1. The summed E-state index contributed by atoms with van der Waals surface area (Å²) in [4.78, 5) is 16.0. The van der Waals surface area contributed by atoms with Crippen LogP contribution in [-0.2, 0) is 0 Å². The van der Waals surface area contributed by atoms with E-state index >= 15 is 0 Å². The van der Waals surface area contributed by atoms with Crippen molar-refractivity contribution in [3.05, 3.63) is 23.9 Å². The average molecular weight is 532 g/mol. The number of nitrogens with one attached hydrogen (secondary N) is 1. The molecule has 0 saturated heterocycles. The molecule has 0 unspecified atom stereocenters. The summed E-state index contributed by atoms with van der Waals surface area (Å²) in [6.45, 7) is 5.80. The number of hydrogen-bond donors (Lipinski definition) is 1. The van der Waals surface area contributed by atoms with Crippen molar-refractivity contribution in [2.45, 2.75) is 26.3 Å². The topological polar surface area (TPSA) is 66.8 Å². The zero-order chi connectivity index (χ0) is 16.5. The molecule has 2 aromatic rings. The van der Waals surface area contributed by atoms with Gasteiger partial charge in [-0.3, -0.25) is 0 Å². The standard InChI is InChI=1S/C12H12F2I2N6/c1-12(2,3)21-10-18-9(19-11(20-10)22(15)16)8-6(13)4-5-7(14)17-8/h4-5H,1-3H3,(H,18,19,20,21). The Morgan fingerprint density at radius 2 is 1.73 bits per heavy atom. The van der Waals surface area contributed by atoms with Crippen molar-refractivity contribution >= 4 is 57.6 Å². The Hall–Kier alpha value is -0.920. The third kappa shape index (κ3) is 4.54. The van der Waals surface area contributed by atoms with E-state index in [0.29, 0.717) is 5.95 Å². The minimum Gasteiger partial charge on any atom is -0.349 e. The monoisotopic (exact) mass is 532 g/mol. The van der Waals surface area contributed by atoms with Gasteiger partial charge in [-0.25, -0.2) is 10.7 Å². The van der Waals surface area contributed by atoms with Crippen molar-refractivity contribution in [2.24, 2.45) is 0 Å². The first kappa shape index (κ1) is 17.4. The van der Waals surface area contributed by atoms with E-state index in [-0.39, 0.29) is 23.0 Å². The molecule has 0 aliphatic heterocycles. The minimum atomic E-state index is -0.801. The second kappa shape index (κ2) is 6.68. The number of anilines is 2. The first-order chi connectivity index (χ1) is 10.2. The molecule has 0 radical (unpaired) electrons. The lowest BCUT2D eigenvalue weighted by Gasteiger charge is -2.21. The van der Waals surface area contributed by atoms with Gasteiger partial charge in [-0.2, -0.15) is 19.3 Å². The molecule has 0 aromatic carbocycles. The summed E-state index contributed by atoms with van der Waals surface area (Å²) in [5, 5.41) is 3.08. The van der Waals surface area contributed by atoms with Crippen LogP contribution in [0.4, 0.5) is 20.7 Å². The highest BCUT2D eigenvalue weighted by Crippen LogP contribution is 2.25. The van der Waals surface area contributed by atoms with Crippen LogP contribution in [0.3, 0.4) is 0 Å². The molecule has 22 heavy (non-hydrogen) atoms. The Labute approximate surface area is 154 Å². The summed E-state index contributed by atoms with van der Waals surface area (Å²) in [6.07, 6.45) is 0. The van der Waals surface area contributed by atoms with Crippen LogP contribution in [0.1, 0.15) is 20.8 Å². The average Bonchev–Trinajstić information content (AvgIpc) is 2.39. The highest BCUT2D eigenvalue weighted by Gasteiger charge is 2.19. The van der Waals surface area contributed by atoms with Crippen molar-refractivity contribution < 1.29 is 8.78 Å². The quantitative estimate of drug-likeness (QED) is 0.368. The second-order valence-corrected chi connectivity index (χ2v) is 9.13. The fourth-order valence-corrected chi connectivity index (χ4v) is 1.94. The van der Waals surface area contributed by atoms with Gasteiger partial charge in [-0.05, 0) is 32.9 Å². The van der Waals surface area contributed by atoms with E-state index in [0.717, 1.165) is 12.1 Å². The molecule has 2 rings (SSSR count). The molecule has 0 atom stereocenters. The van der Waals surface area contributed by atoms with Gasteiger partial charge >= 0.3 is 0 Å². The van der Waals surface area contributed by atoms with Crippen molar-refractivity contribution in [3.63, 3.8) is 0 Å². The second-order valence-electron chi connectivity index (χ2n) is 5.35. The van der Waals surface area contributed by atoms with E-state index < -0.39 is 11.8 Å². The summed E-state index contributed by atoms with van der Waals surface area (Å²) < 4.78 is 28.8. The lowest BCUT2D eigenvalue weighted by molar-refractivity contribution is 0.562. The largest absolute Gasteiger partial charge is 0.349 e. The van der Waals surface area contributed by atoms with Crippen LogP contribution >= 0.6 is 45.7 Å². The molecule has 0 aliphatic carbocycles. The van der Waals surface area contributed by atoms with E-state index in [1.165, 1.54) is 0 Å².